The number of amides is 1. The van der Waals surface area contributed by atoms with E-state index >= 15 is 0 Å². The smallest absolute Gasteiger partial charge is 0.241 e. The van der Waals surface area contributed by atoms with Gasteiger partial charge in [0.2, 0.25) is 22.7 Å². The number of hydrogen-bond acceptors (Lipinski definition) is 5. The van der Waals surface area contributed by atoms with Crippen molar-refractivity contribution in [2.45, 2.75) is 31.3 Å². The van der Waals surface area contributed by atoms with Crippen LogP contribution in [0, 0.1) is 11.7 Å². The normalized spacial score (nSPS) is 13.6. The summed E-state index contributed by atoms with van der Waals surface area (Å²) in [4.78, 5) is 12.9. The summed E-state index contributed by atoms with van der Waals surface area (Å²) in [6.45, 7) is 3.91. The number of hydrogen-bond donors (Lipinski definition) is 2. The van der Waals surface area contributed by atoms with E-state index < -0.39 is 22.0 Å². The van der Waals surface area contributed by atoms with Gasteiger partial charge in [0.1, 0.15) is 11.9 Å². The number of halogens is 1. The van der Waals surface area contributed by atoms with Gasteiger partial charge in [0.25, 0.3) is 0 Å². The van der Waals surface area contributed by atoms with Gasteiger partial charge >= 0.3 is 0 Å². The molecule has 0 unspecified atom stereocenters. The molecule has 34 heavy (non-hydrogen) atoms. The Morgan fingerprint density at radius 2 is 1.56 bits per heavy atom. The first-order valence-corrected chi connectivity index (χ1v) is 12.3. The molecule has 7 nitrogen and oxygen atoms in total. The molecule has 3 aromatic rings. The van der Waals surface area contributed by atoms with E-state index in [9.17, 15) is 17.6 Å². The van der Waals surface area contributed by atoms with Crippen LogP contribution in [0.15, 0.2) is 71.6 Å². The monoisotopic (exact) mass is 484 g/mol. The van der Waals surface area contributed by atoms with Gasteiger partial charge in [0.15, 0.2) is 11.5 Å². The Morgan fingerprint density at radius 1 is 0.941 bits per heavy atom. The van der Waals surface area contributed by atoms with Gasteiger partial charge in [-0.05, 0) is 59.0 Å². The highest BCUT2D eigenvalue weighted by molar-refractivity contribution is 7.89. The molecule has 3 aromatic carbocycles. The van der Waals surface area contributed by atoms with Gasteiger partial charge in [-0.1, -0.05) is 44.2 Å². The fourth-order valence-electron chi connectivity index (χ4n) is 3.55. The highest BCUT2D eigenvalue weighted by Gasteiger charge is 2.28. The molecule has 1 atom stereocenters. The Labute approximate surface area is 198 Å². The van der Waals surface area contributed by atoms with E-state index in [1.165, 1.54) is 24.3 Å². The molecule has 1 amide bonds. The minimum atomic E-state index is -3.95. The van der Waals surface area contributed by atoms with Crippen molar-refractivity contribution in [1.82, 2.24) is 10.0 Å². The van der Waals surface area contributed by atoms with Gasteiger partial charge in [-0.15, -0.1) is 0 Å². The zero-order valence-corrected chi connectivity index (χ0v) is 19.6. The summed E-state index contributed by atoms with van der Waals surface area (Å²) in [6.07, 6.45) is 0. The summed E-state index contributed by atoms with van der Waals surface area (Å²) < 4.78 is 52.2. The second-order valence-corrected chi connectivity index (χ2v) is 9.99. The van der Waals surface area contributed by atoms with Crippen LogP contribution in [0.3, 0.4) is 0 Å². The summed E-state index contributed by atoms with van der Waals surface area (Å²) in [5, 5.41) is 2.79. The summed E-state index contributed by atoms with van der Waals surface area (Å²) in [5.74, 6) is 0.193. The Hall–Kier alpha value is -3.43. The highest BCUT2D eigenvalue weighted by Crippen LogP contribution is 2.32. The number of benzene rings is 3. The maximum atomic E-state index is 13.1. The van der Waals surface area contributed by atoms with Gasteiger partial charge in [0, 0.05) is 6.54 Å². The average molecular weight is 485 g/mol. The Bertz CT molecular complexity index is 1280. The van der Waals surface area contributed by atoms with Gasteiger partial charge < -0.3 is 14.8 Å². The topological polar surface area (TPSA) is 93.7 Å². The zero-order valence-electron chi connectivity index (χ0n) is 18.7. The molecule has 0 saturated heterocycles. The second-order valence-electron chi connectivity index (χ2n) is 8.28. The van der Waals surface area contributed by atoms with Crippen LogP contribution >= 0.6 is 0 Å². The Kier molecular flexibility index (Phi) is 6.85. The van der Waals surface area contributed by atoms with E-state index in [1.54, 1.807) is 50.2 Å². The number of nitrogens with one attached hydrogen (secondary N) is 2. The van der Waals surface area contributed by atoms with Gasteiger partial charge in [-0.25, -0.2) is 12.8 Å². The lowest BCUT2D eigenvalue weighted by molar-refractivity contribution is -0.123. The van der Waals surface area contributed by atoms with E-state index in [-0.39, 0.29) is 30.0 Å². The van der Waals surface area contributed by atoms with Crippen molar-refractivity contribution >= 4 is 15.9 Å². The minimum Gasteiger partial charge on any atom is -0.454 e. The first-order chi connectivity index (χ1) is 16.2. The van der Waals surface area contributed by atoms with Crippen molar-refractivity contribution in [2.24, 2.45) is 5.92 Å². The molecule has 1 heterocycles. The van der Waals surface area contributed by atoms with E-state index in [0.29, 0.717) is 11.5 Å². The van der Waals surface area contributed by atoms with Crippen molar-refractivity contribution in [1.29, 1.82) is 0 Å². The van der Waals surface area contributed by atoms with Crippen molar-refractivity contribution in [3.63, 3.8) is 0 Å². The lowest BCUT2D eigenvalue weighted by atomic mass is 10.0. The number of fused-ring (bicyclic) bond motifs is 1. The molecule has 2 N–H and O–H groups in total. The molecule has 0 spiro atoms. The zero-order chi connectivity index (χ0) is 24.3. The fraction of sp³-hybridized carbons (Fsp3) is 0.240. The van der Waals surface area contributed by atoms with Gasteiger partial charge in [0.05, 0.1) is 4.90 Å². The van der Waals surface area contributed by atoms with Crippen LogP contribution in [-0.2, 0) is 21.4 Å². The minimum absolute atomic E-state index is 0.0348. The Balaban J connectivity index is 1.43. The maximum absolute atomic E-state index is 13.1. The summed E-state index contributed by atoms with van der Waals surface area (Å²) in [6, 6.07) is 16.5. The number of carbonyl (C=O) groups is 1. The predicted octanol–water partition coefficient (Wildman–Crippen LogP) is 3.84. The highest BCUT2D eigenvalue weighted by atomic mass is 32.2. The van der Waals surface area contributed by atoms with E-state index in [4.69, 9.17) is 9.47 Å². The molecule has 0 saturated carbocycles. The van der Waals surface area contributed by atoms with E-state index in [1.807, 2.05) is 6.07 Å². The Morgan fingerprint density at radius 3 is 2.21 bits per heavy atom. The third-order valence-electron chi connectivity index (χ3n) is 5.48. The largest absolute Gasteiger partial charge is 0.454 e. The number of sulfonamides is 1. The molecule has 1 aliphatic rings. The number of carbonyl (C=O) groups excluding carboxylic acids is 1. The van der Waals surface area contributed by atoms with Crippen molar-refractivity contribution in [2.75, 3.05) is 6.79 Å². The van der Waals surface area contributed by atoms with E-state index in [0.717, 1.165) is 16.7 Å². The summed E-state index contributed by atoms with van der Waals surface area (Å²) in [5.41, 5.74) is 2.32. The van der Waals surface area contributed by atoms with Crippen LogP contribution in [0.2, 0.25) is 0 Å². The lowest BCUT2D eigenvalue weighted by Gasteiger charge is -2.22. The molecule has 9 heteroatoms. The number of ether oxygens (including phenoxy) is 2. The molecule has 0 bridgehead atoms. The van der Waals surface area contributed by atoms with Crippen molar-refractivity contribution in [3.8, 4) is 22.6 Å². The van der Waals surface area contributed by atoms with Crippen LogP contribution in [0.4, 0.5) is 4.39 Å². The third kappa shape index (κ3) is 5.37. The van der Waals surface area contributed by atoms with Crippen LogP contribution in [0.5, 0.6) is 11.5 Å². The van der Waals surface area contributed by atoms with Crippen LogP contribution in [0.1, 0.15) is 19.4 Å². The molecule has 0 radical (unpaired) electrons. The molecule has 1 aliphatic heterocycles. The van der Waals surface area contributed by atoms with Gasteiger partial charge in [-0.2, -0.15) is 4.72 Å². The molecule has 0 fully saturated rings. The maximum Gasteiger partial charge on any atom is 0.241 e. The standard InChI is InChI=1S/C25H25FN2O5S/c1-16(2)24(25(29)27-14-17-3-12-22-23(13-17)33-15-32-22)28-34(30,31)21-10-6-19(7-11-21)18-4-8-20(26)9-5-18/h3-13,16,24,28H,14-15H2,1-2H3,(H,27,29)/t24-/m1/s1. The molecule has 0 aromatic heterocycles. The molecule has 178 valence electrons. The van der Waals surface area contributed by atoms with Gasteiger partial charge in [-0.3, -0.25) is 4.79 Å². The van der Waals surface area contributed by atoms with Crippen LogP contribution in [-0.4, -0.2) is 27.2 Å². The summed E-state index contributed by atoms with van der Waals surface area (Å²) in [7, 11) is -3.95. The average Bonchev–Trinajstić information content (AvgIpc) is 3.29. The molecule has 0 aliphatic carbocycles. The summed E-state index contributed by atoms with van der Waals surface area (Å²) >= 11 is 0. The van der Waals surface area contributed by atoms with Crippen molar-refractivity contribution < 1.29 is 27.1 Å². The van der Waals surface area contributed by atoms with Crippen LogP contribution in [0.25, 0.3) is 11.1 Å². The van der Waals surface area contributed by atoms with Crippen LogP contribution < -0.4 is 19.5 Å². The fourth-order valence-corrected chi connectivity index (χ4v) is 4.89. The molecular weight excluding hydrogens is 459 g/mol. The molecule has 4 rings (SSSR count). The quantitative estimate of drug-likeness (QED) is 0.507. The lowest BCUT2D eigenvalue weighted by Crippen LogP contribution is -2.49. The number of rotatable bonds is 8. The second kappa shape index (κ2) is 9.82. The third-order valence-corrected chi connectivity index (χ3v) is 6.93. The molecular formula is C25H25FN2O5S. The first kappa shape index (κ1) is 23.7. The van der Waals surface area contributed by atoms with Crippen molar-refractivity contribution in [3.05, 3.63) is 78.1 Å². The SMILES string of the molecule is CC(C)[C@@H](NS(=O)(=O)c1ccc(-c2ccc(F)cc2)cc1)C(=O)NCc1ccc2c(c1)OCO2. The predicted molar refractivity (Wildman–Crippen MR) is 125 cm³/mol. The first-order valence-electron chi connectivity index (χ1n) is 10.8. The van der Waals surface area contributed by atoms with E-state index in [2.05, 4.69) is 10.0 Å².